The minimum absolute atomic E-state index is 0.339. The summed E-state index contributed by atoms with van der Waals surface area (Å²) < 4.78 is 1.66. The number of hydrogen-bond acceptors (Lipinski definition) is 2. The second-order valence-corrected chi connectivity index (χ2v) is 6.48. The van der Waals surface area contributed by atoms with E-state index < -0.39 is 5.41 Å². The third-order valence-corrected chi connectivity index (χ3v) is 4.63. The lowest BCUT2D eigenvalue weighted by atomic mass is 9.70. The van der Waals surface area contributed by atoms with Gasteiger partial charge in [0.15, 0.2) is 0 Å². The van der Waals surface area contributed by atoms with Crippen LogP contribution in [0.15, 0.2) is 80.0 Å². The van der Waals surface area contributed by atoms with Crippen LogP contribution in [0.2, 0.25) is 10.0 Å². The van der Waals surface area contributed by atoms with Crippen molar-refractivity contribution in [1.82, 2.24) is 9.55 Å². The SMILES string of the molecule is C=C(C)C(=C)C(=C)C(C#N)(C(=C)n1ccnc1)c1ccc(Cl)cc1Cl. The van der Waals surface area contributed by atoms with Crippen LogP contribution in [0.25, 0.3) is 5.70 Å². The Morgan fingerprint density at radius 2 is 1.92 bits per heavy atom. The van der Waals surface area contributed by atoms with Gasteiger partial charge >= 0.3 is 0 Å². The summed E-state index contributed by atoms with van der Waals surface area (Å²) >= 11 is 12.5. The van der Waals surface area contributed by atoms with Crippen LogP contribution in [0.3, 0.4) is 0 Å². The predicted molar refractivity (Wildman–Crippen MR) is 104 cm³/mol. The predicted octanol–water partition coefficient (Wildman–Crippen LogP) is 5.81. The van der Waals surface area contributed by atoms with Crippen LogP contribution in [0.1, 0.15) is 12.5 Å². The van der Waals surface area contributed by atoms with Crippen molar-refractivity contribution in [3.05, 3.63) is 95.6 Å². The van der Waals surface area contributed by atoms with E-state index in [4.69, 9.17) is 23.2 Å². The van der Waals surface area contributed by atoms with Crippen molar-refractivity contribution in [3.8, 4) is 6.07 Å². The normalized spacial score (nSPS) is 12.7. The van der Waals surface area contributed by atoms with Crippen LogP contribution in [0, 0.1) is 11.3 Å². The van der Waals surface area contributed by atoms with E-state index in [1.165, 1.54) is 0 Å². The average molecular weight is 370 g/mol. The maximum absolute atomic E-state index is 10.2. The maximum atomic E-state index is 10.2. The number of rotatable bonds is 6. The molecule has 0 aliphatic heterocycles. The minimum Gasteiger partial charge on any atom is -0.308 e. The van der Waals surface area contributed by atoms with Gasteiger partial charge in [-0.25, -0.2) is 4.98 Å². The molecular weight excluding hydrogens is 353 g/mol. The molecule has 1 atom stereocenters. The molecule has 2 aromatic rings. The maximum Gasteiger partial charge on any atom is 0.148 e. The Morgan fingerprint density at radius 1 is 1.24 bits per heavy atom. The summed E-state index contributed by atoms with van der Waals surface area (Å²) in [5.74, 6) is 0. The van der Waals surface area contributed by atoms with Gasteiger partial charge in [0.05, 0.1) is 12.4 Å². The summed E-state index contributed by atoms with van der Waals surface area (Å²) in [6.45, 7) is 18.0. The smallest absolute Gasteiger partial charge is 0.148 e. The number of benzene rings is 1. The molecule has 1 heterocycles. The molecule has 1 unspecified atom stereocenters. The van der Waals surface area contributed by atoms with Crippen molar-refractivity contribution >= 4 is 28.9 Å². The van der Waals surface area contributed by atoms with Crippen molar-refractivity contribution in [2.75, 3.05) is 0 Å². The molecule has 2 rings (SSSR count). The molecule has 0 amide bonds. The lowest BCUT2D eigenvalue weighted by Gasteiger charge is -2.33. The van der Waals surface area contributed by atoms with E-state index in [0.717, 1.165) is 0 Å². The summed E-state index contributed by atoms with van der Waals surface area (Å²) in [7, 11) is 0. The zero-order valence-corrected chi connectivity index (χ0v) is 15.4. The first-order valence-corrected chi connectivity index (χ1v) is 8.10. The third kappa shape index (κ3) is 3.19. The number of hydrogen-bond donors (Lipinski definition) is 0. The van der Waals surface area contributed by atoms with Crippen LogP contribution in [-0.2, 0) is 5.41 Å². The molecule has 5 heteroatoms. The topological polar surface area (TPSA) is 41.6 Å². The molecule has 1 aromatic heterocycles. The second kappa shape index (κ2) is 7.14. The highest BCUT2D eigenvalue weighted by molar-refractivity contribution is 6.35. The molecule has 1 aromatic carbocycles. The second-order valence-electron chi connectivity index (χ2n) is 5.64. The Balaban J connectivity index is 2.80. The van der Waals surface area contributed by atoms with Crippen LogP contribution < -0.4 is 0 Å². The van der Waals surface area contributed by atoms with E-state index in [9.17, 15) is 5.26 Å². The molecule has 126 valence electrons. The lowest BCUT2D eigenvalue weighted by molar-refractivity contribution is 0.788. The van der Waals surface area contributed by atoms with Crippen molar-refractivity contribution < 1.29 is 0 Å². The first kappa shape index (κ1) is 18.8. The summed E-state index contributed by atoms with van der Waals surface area (Å²) in [5.41, 5.74) is 1.32. The molecular formula is C20H17Cl2N3. The van der Waals surface area contributed by atoms with Crippen LogP contribution in [0.4, 0.5) is 0 Å². The quantitative estimate of drug-likeness (QED) is 0.602. The summed E-state index contributed by atoms with van der Waals surface area (Å²) in [4.78, 5) is 4.03. The molecule has 0 spiro atoms. The molecule has 0 N–H and O–H groups in total. The van der Waals surface area contributed by atoms with Crippen LogP contribution >= 0.6 is 23.2 Å². The lowest BCUT2D eigenvalue weighted by Crippen LogP contribution is -2.31. The largest absolute Gasteiger partial charge is 0.308 e. The monoisotopic (exact) mass is 369 g/mol. The van der Waals surface area contributed by atoms with Gasteiger partial charge in [-0.3, -0.25) is 0 Å². The fourth-order valence-electron chi connectivity index (χ4n) is 2.57. The molecule has 0 aliphatic rings. The summed E-state index contributed by atoms with van der Waals surface area (Å²) in [6.07, 6.45) is 4.87. The first-order valence-electron chi connectivity index (χ1n) is 7.34. The number of allylic oxidation sites excluding steroid dienone is 4. The van der Waals surface area contributed by atoms with E-state index >= 15 is 0 Å². The fourth-order valence-corrected chi connectivity index (χ4v) is 3.12. The summed E-state index contributed by atoms with van der Waals surface area (Å²) in [5, 5.41) is 11.0. The highest BCUT2D eigenvalue weighted by Gasteiger charge is 2.42. The van der Waals surface area contributed by atoms with Crippen molar-refractivity contribution in [1.29, 1.82) is 5.26 Å². The third-order valence-electron chi connectivity index (χ3n) is 4.08. The molecule has 0 fully saturated rings. The number of nitriles is 1. The van der Waals surface area contributed by atoms with Crippen LogP contribution in [-0.4, -0.2) is 9.55 Å². The fraction of sp³-hybridized carbons (Fsp3) is 0.100. The van der Waals surface area contributed by atoms with Gasteiger partial charge in [-0.15, -0.1) is 0 Å². The highest BCUT2D eigenvalue weighted by atomic mass is 35.5. The minimum atomic E-state index is -1.35. The van der Waals surface area contributed by atoms with Gasteiger partial charge < -0.3 is 4.57 Å². The average Bonchev–Trinajstić information content (AvgIpc) is 3.10. The molecule has 0 aliphatic carbocycles. The van der Waals surface area contributed by atoms with E-state index in [0.29, 0.717) is 38.0 Å². The van der Waals surface area contributed by atoms with Crippen molar-refractivity contribution in [2.45, 2.75) is 12.3 Å². The van der Waals surface area contributed by atoms with Gasteiger partial charge in [0.1, 0.15) is 5.41 Å². The Bertz CT molecular complexity index is 917. The van der Waals surface area contributed by atoms with Crippen molar-refractivity contribution in [3.63, 3.8) is 0 Å². The van der Waals surface area contributed by atoms with E-state index in [1.54, 1.807) is 48.4 Å². The number of imidazole rings is 1. The standard InChI is InChI=1S/C20H17Cl2N3/c1-13(2)14(3)15(4)20(11-23,16(5)25-9-8-24-12-25)18-7-6-17(21)10-19(18)22/h6-10,12H,1,3-5H2,2H3. The van der Waals surface area contributed by atoms with Gasteiger partial charge in [0.25, 0.3) is 0 Å². The molecule has 25 heavy (non-hydrogen) atoms. The van der Waals surface area contributed by atoms with Gasteiger partial charge in [0, 0.05) is 33.7 Å². The van der Waals surface area contributed by atoms with Gasteiger partial charge in [0.2, 0.25) is 0 Å². The van der Waals surface area contributed by atoms with Crippen LogP contribution in [0.5, 0.6) is 0 Å². The van der Waals surface area contributed by atoms with Gasteiger partial charge in [-0.2, -0.15) is 5.26 Å². The molecule has 0 saturated heterocycles. The first-order chi connectivity index (χ1) is 11.8. The molecule has 3 nitrogen and oxygen atoms in total. The number of nitrogens with zero attached hydrogens (tertiary/aromatic N) is 3. The Kier molecular flexibility index (Phi) is 5.37. The Labute approximate surface area is 157 Å². The zero-order valence-electron chi connectivity index (χ0n) is 13.9. The van der Waals surface area contributed by atoms with Crippen molar-refractivity contribution in [2.24, 2.45) is 0 Å². The molecule has 0 radical (unpaired) electrons. The van der Waals surface area contributed by atoms with Gasteiger partial charge in [-0.1, -0.05) is 61.2 Å². The summed E-state index contributed by atoms with van der Waals surface area (Å²) in [6, 6.07) is 7.30. The van der Waals surface area contributed by atoms with E-state index in [1.807, 2.05) is 0 Å². The number of halogens is 2. The Morgan fingerprint density at radius 3 is 2.40 bits per heavy atom. The zero-order chi connectivity index (χ0) is 18.8. The molecule has 0 saturated carbocycles. The highest BCUT2D eigenvalue weighted by Crippen LogP contribution is 2.46. The number of aromatic nitrogens is 2. The van der Waals surface area contributed by atoms with Gasteiger partial charge in [-0.05, 0) is 30.2 Å². The van der Waals surface area contributed by atoms with E-state index in [2.05, 4.69) is 37.4 Å². The van der Waals surface area contributed by atoms with E-state index in [-0.39, 0.29) is 0 Å². The Hall–Kier alpha value is -2.54. The molecule has 0 bridgehead atoms.